The van der Waals surface area contributed by atoms with E-state index in [4.69, 9.17) is 14.6 Å². The molecule has 2 rings (SSSR count). The van der Waals surface area contributed by atoms with Crippen molar-refractivity contribution < 1.29 is 19.4 Å². The molecular formula is C16H15NO4. The largest absolute Gasteiger partial charge is 0.493 e. The highest BCUT2D eigenvalue weighted by Gasteiger charge is 2.06. The first kappa shape index (κ1) is 14.6. The van der Waals surface area contributed by atoms with Gasteiger partial charge in [-0.15, -0.1) is 0 Å². The van der Waals surface area contributed by atoms with Gasteiger partial charge in [0, 0.05) is 12.3 Å². The molecule has 2 aromatic rings. The van der Waals surface area contributed by atoms with Gasteiger partial charge >= 0.3 is 5.97 Å². The normalized spacial score (nSPS) is 10.5. The van der Waals surface area contributed by atoms with Gasteiger partial charge in [0.1, 0.15) is 6.61 Å². The minimum absolute atomic E-state index is 0.309. The topological polar surface area (TPSA) is 68.7 Å². The molecule has 0 aliphatic rings. The lowest BCUT2D eigenvalue weighted by molar-refractivity contribution is -0.131. The Morgan fingerprint density at radius 3 is 2.81 bits per heavy atom. The first-order valence-electron chi connectivity index (χ1n) is 6.31. The van der Waals surface area contributed by atoms with Gasteiger partial charge in [0.2, 0.25) is 0 Å². The van der Waals surface area contributed by atoms with Gasteiger partial charge in [0.25, 0.3) is 0 Å². The molecule has 0 aliphatic carbocycles. The Bertz CT molecular complexity index is 638. The zero-order valence-corrected chi connectivity index (χ0v) is 11.5. The molecule has 1 aromatic carbocycles. The van der Waals surface area contributed by atoms with Crippen molar-refractivity contribution in [3.8, 4) is 11.5 Å². The maximum Gasteiger partial charge on any atom is 0.328 e. The predicted molar refractivity (Wildman–Crippen MR) is 78.2 cm³/mol. The van der Waals surface area contributed by atoms with Crippen LogP contribution in [-0.4, -0.2) is 23.2 Å². The van der Waals surface area contributed by atoms with E-state index in [1.807, 2.05) is 18.2 Å². The zero-order chi connectivity index (χ0) is 15.1. The molecule has 0 aliphatic heterocycles. The Hall–Kier alpha value is -2.82. The number of benzene rings is 1. The van der Waals surface area contributed by atoms with Gasteiger partial charge in [-0.3, -0.25) is 4.98 Å². The maximum absolute atomic E-state index is 10.5. The van der Waals surface area contributed by atoms with E-state index in [-0.39, 0.29) is 0 Å². The van der Waals surface area contributed by atoms with E-state index < -0.39 is 5.97 Å². The number of methoxy groups -OCH3 is 1. The highest BCUT2D eigenvalue weighted by atomic mass is 16.5. The van der Waals surface area contributed by atoms with Crippen LogP contribution in [0.15, 0.2) is 48.7 Å². The van der Waals surface area contributed by atoms with E-state index in [1.165, 1.54) is 6.08 Å². The van der Waals surface area contributed by atoms with Crippen molar-refractivity contribution in [2.75, 3.05) is 7.11 Å². The van der Waals surface area contributed by atoms with Gasteiger partial charge < -0.3 is 14.6 Å². The lowest BCUT2D eigenvalue weighted by atomic mass is 10.2. The second kappa shape index (κ2) is 7.09. The van der Waals surface area contributed by atoms with E-state index in [9.17, 15) is 4.79 Å². The number of aliphatic carboxylic acids is 1. The molecule has 1 heterocycles. The molecule has 0 saturated heterocycles. The highest BCUT2D eigenvalue weighted by Crippen LogP contribution is 2.29. The van der Waals surface area contributed by atoms with Gasteiger partial charge in [-0.25, -0.2) is 4.79 Å². The third-order valence-corrected chi connectivity index (χ3v) is 2.71. The molecule has 0 radical (unpaired) electrons. The van der Waals surface area contributed by atoms with Gasteiger partial charge in [0.05, 0.1) is 12.8 Å². The molecule has 0 atom stereocenters. The summed E-state index contributed by atoms with van der Waals surface area (Å²) < 4.78 is 10.9. The van der Waals surface area contributed by atoms with Crippen LogP contribution in [0.5, 0.6) is 11.5 Å². The summed E-state index contributed by atoms with van der Waals surface area (Å²) in [6.45, 7) is 0.309. The molecule has 0 fully saturated rings. The van der Waals surface area contributed by atoms with Gasteiger partial charge in [-0.1, -0.05) is 12.1 Å². The SMILES string of the molecule is COc1ccc(/C=C/C(=O)O)cc1OCc1ccccn1. The fourth-order valence-corrected chi connectivity index (χ4v) is 1.71. The van der Waals surface area contributed by atoms with Crippen molar-refractivity contribution in [3.05, 3.63) is 59.9 Å². The molecule has 108 valence electrons. The van der Waals surface area contributed by atoms with Crippen LogP contribution in [0.1, 0.15) is 11.3 Å². The molecular weight excluding hydrogens is 270 g/mol. The number of hydrogen-bond acceptors (Lipinski definition) is 4. The summed E-state index contributed by atoms with van der Waals surface area (Å²) in [7, 11) is 1.55. The summed E-state index contributed by atoms with van der Waals surface area (Å²) in [6.07, 6.45) is 4.27. The Balaban J connectivity index is 2.16. The number of carboxylic acid groups (broad SMARTS) is 1. The molecule has 0 bridgehead atoms. The second-order valence-corrected chi connectivity index (χ2v) is 4.19. The van der Waals surface area contributed by atoms with E-state index in [1.54, 1.807) is 31.5 Å². The number of ether oxygens (including phenoxy) is 2. The van der Waals surface area contributed by atoms with Gasteiger partial charge in [-0.05, 0) is 35.9 Å². The number of nitrogens with zero attached hydrogens (tertiary/aromatic N) is 1. The van der Waals surface area contributed by atoms with Gasteiger partial charge in [0.15, 0.2) is 11.5 Å². The third-order valence-electron chi connectivity index (χ3n) is 2.71. The summed E-state index contributed by atoms with van der Waals surface area (Å²) in [4.78, 5) is 14.7. The maximum atomic E-state index is 10.5. The van der Waals surface area contributed by atoms with Crippen LogP contribution in [0, 0.1) is 0 Å². The molecule has 0 saturated carbocycles. The van der Waals surface area contributed by atoms with Gasteiger partial charge in [-0.2, -0.15) is 0 Å². The zero-order valence-electron chi connectivity index (χ0n) is 11.5. The van der Waals surface area contributed by atoms with Crippen LogP contribution in [0.2, 0.25) is 0 Å². The molecule has 5 heteroatoms. The number of carboxylic acids is 1. The van der Waals surface area contributed by atoms with Crippen molar-refractivity contribution in [2.45, 2.75) is 6.61 Å². The van der Waals surface area contributed by atoms with Crippen molar-refractivity contribution in [1.29, 1.82) is 0 Å². The lowest BCUT2D eigenvalue weighted by Crippen LogP contribution is -1.99. The van der Waals surface area contributed by atoms with Crippen LogP contribution < -0.4 is 9.47 Å². The Morgan fingerprint density at radius 1 is 1.29 bits per heavy atom. The fraction of sp³-hybridized carbons (Fsp3) is 0.125. The molecule has 1 N–H and O–H groups in total. The van der Waals surface area contributed by atoms with Crippen molar-refractivity contribution >= 4 is 12.0 Å². The quantitative estimate of drug-likeness (QED) is 0.826. The Labute approximate surface area is 122 Å². The molecule has 21 heavy (non-hydrogen) atoms. The van der Waals surface area contributed by atoms with Crippen LogP contribution in [-0.2, 0) is 11.4 Å². The Morgan fingerprint density at radius 2 is 2.14 bits per heavy atom. The smallest absolute Gasteiger partial charge is 0.328 e. The summed E-state index contributed by atoms with van der Waals surface area (Å²) in [6, 6.07) is 10.8. The lowest BCUT2D eigenvalue weighted by Gasteiger charge is -2.11. The summed E-state index contributed by atoms with van der Waals surface area (Å²) in [5.74, 6) is 0.121. The molecule has 0 spiro atoms. The summed E-state index contributed by atoms with van der Waals surface area (Å²) in [5.41, 5.74) is 1.51. The van der Waals surface area contributed by atoms with Crippen LogP contribution >= 0.6 is 0 Å². The number of carbonyl (C=O) groups is 1. The number of hydrogen-bond donors (Lipinski definition) is 1. The highest BCUT2D eigenvalue weighted by molar-refractivity contribution is 5.85. The number of pyridine rings is 1. The van der Waals surface area contributed by atoms with Crippen LogP contribution in [0.3, 0.4) is 0 Å². The second-order valence-electron chi connectivity index (χ2n) is 4.19. The first-order chi connectivity index (χ1) is 10.2. The summed E-state index contributed by atoms with van der Waals surface area (Å²) in [5, 5.41) is 8.65. The molecule has 0 unspecified atom stereocenters. The van der Waals surface area contributed by atoms with Crippen molar-refractivity contribution in [2.24, 2.45) is 0 Å². The van der Waals surface area contributed by atoms with Crippen molar-refractivity contribution in [1.82, 2.24) is 4.98 Å². The first-order valence-corrected chi connectivity index (χ1v) is 6.31. The number of rotatable bonds is 6. The monoisotopic (exact) mass is 285 g/mol. The standard InChI is InChI=1S/C16H15NO4/c1-20-14-7-5-12(6-8-16(18)19)10-15(14)21-11-13-4-2-3-9-17-13/h2-10H,11H2,1H3,(H,18,19)/b8-6+. The summed E-state index contributed by atoms with van der Waals surface area (Å²) >= 11 is 0. The molecule has 0 amide bonds. The van der Waals surface area contributed by atoms with E-state index >= 15 is 0 Å². The van der Waals surface area contributed by atoms with Crippen molar-refractivity contribution in [3.63, 3.8) is 0 Å². The van der Waals surface area contributed by atoms with E-state index in [2.05, 4.69) is 4.98 Å². The minimum atomic E-state index is -0.998. The fourth-order valence-electron chi connectivity index (χ4n) is 1.71. The average Bonchev–Trinajstić information content (AvgIpc) is 2.52. The van der Waals surface area contributed by atoms with Crippen LogP contribution in [0.25, 0.3) is 6.08 Å². The number of aromatic nitrogens is 1. The predicted octanol–water partition coefficient (Wildman–Crippen LogP) is 2.77. The van der Waals surface area contributed by atoms with E-state index in [0.29, 0.717) is 23.7 Å². The molecule has 1 aromatic heterocycles. The molecule has 5 nitrogen and oxygen atoms in total. The Kier molecular flexibility index (Phi) is 4.93. The van der Waals surface area contributed by atoms with E-state index in [0.717, 1.165) is 11.8 Å². The average molecular weight is 285 g/mol. The van der Waals surface area contributed by atoms with Crippen LogP contribution in [0.4, 0.5) is 0 Å². The minimum Gasteiger partial charge on any atom is -0.493 e. The third kappa shape index (κ3) is 4.35.